The second-order valence-corrected chi connectivity index (χ2v) is 16.8. The molecule has 5 aromatic carbocycles. The van der Waals surface area contributed by atoms with Crippen LogP contribution in [0.4, 0.5) is 0 Å². The number of hydrogen-bond donors (Lipinski definition) is 0. The summed E-state index contributed by atoms with van der Waals surface area (Å²) in [5.74, 6) is 1.72. The SMILES string of the molecule is CC(C)c1cc(-c2ccccc2)cc(C(C)C)c1-n1c(-c2cccc3c2oc2nc4c(cc23)oc2ccccc24)nc2ccc3c4oc(C(C)(C)C)nc4oc3c21. The highest BCUT2D eigenvalue weighted by atomic mass is 16.4. The van der Waals surface area contributed by atoms with E-state index < -0.39 is 0 Å². The van der Waals surface area contributed by atoms with Gasteiger partial charge in [0.05, 0.1) is 27.5 Å². The fourth-order valence-corrected chi connectivity index (χ4v) is 8.42. The van der Waals surface area contributed by atoms with Gasteiger partial charge in [0.15, 0.2) is 11.2 Å². The summed E-state index contributed by atoms with van der Waals surface area (Å²) in [6.45, 7) is 15.3. The maximum Gasteiger partial charge on any atom is 0.267 e. The number of para-hydroxylation sites is 2. The number of furan rings is 3. The summed E-state index contributed by atoms with van der Waals surface area (Å²) in [5, 5.41) is 3.62. The summed E-state index contributed by atoms with van der Waals surface area (Å²) in [4.78, 5) is 15.3. The number of pyridine rings is 1. The van der Waals surface area contributed by atoms with Crippen LogP contribution in [-0.2, 0) is 5.41 Å². The predicted molar refractivity (Wildman–Crippen MR) is 229 cm³/mol. The van der Waals surface area contributed by atoms with Crippen molar-refractivity contribution in [2.45, 2.75) is 65.7 Å². The molecule has 0 fully saturated rings. The quantitative estimate of drug-likeness (QED) is 0.173. The smallest absolute Gasteiger partial charge is 0.267 e. The highest BCUT2D eigenvalue weighted by Gasteiger charge is 2.30. The van der Waals surface area contributed by atoms with Crippen molar-refractivity contribution in [1.82, 2.24) is 19.5 Å². The van der Waals surface area contributed by atoms with E-state index in [9.17, 15) is 0 Å². The molecule has 0 spiro atoms. The normalized spacial score (nSPS) is 12.8. The first-order chi connectivity index (χ1) is 27.5. The third-order valence-electron chi connectivity index (χ3n) is 11.3. The van der Waals surface area contributed by atoms with Gasteiger partial charge in [-0.25, -0.2) is 9.97 Å². The van der Waals surface area contributed by atoms with Gasteiger partial charge in [0, 0.05) is 16.2 Å². The minimum absolute atomic E-state index is 0.172. The third-order valence-corrected chi connectivity index (χ3v) is 11.3. The average molecular weight is 749 g/mol. The molecule has 0 saturated carbocycles. The van der Waals surface area contributed by atoms with E-state index in [1.165, 1.54) is 22.3 Å². The number of benzene rings is 5. The average Bonchev–Trinajstić information content (AvgIpc) is 4.02. The van der Waals surface area contributed by atoms with E-state index in [0.717, 1.165) is 66.3 Å². The lowest BCUT2D eigenvalue weighted by atomic mass is 9.88. The number of hydrogen-bond acceptors (Lipinski definition) is 7. The molecule has 0 radical (unpaired) electrons. The third kappa shape index (κ3) is 4.96. The van der Waals surface area contributed by atoms with Crippen molar-refractivity contribution in [3.8, 4) is 28.2 Å². The molecule has 0 aliphatic rings. The minimum Gasteiger partial charge on any atom is -0.454 e. The fraction of sp³-hybridized carbons (Fsp3) is 0.204. The predicted octanol–water partition coefficient (Wildman–Crippen LogP) is 14.0. The molecular formula is C49H40N4O4. The second kappa shape index (κ2) is 11.9. The van der Waals surface area contributed by atoms with Crippen molar-refractivity contribution in [1.29, 1.82) is 0 Å². The van der Waals surface area contributed by atoms with Gasteiger partial charge in [-0.05, 0) is 82.6 Å². The van der Waals surface area contributed by atoms with Gasteiger partial charge in [0.2, 0.25) is 17.2 Å². The fourth-order valence-electron chi connectivity index (χ4n) is 8.42. The van der Waals surface area contributed by atoms with Crippen molar-refractivity contribution in [3.63, 3.8) is 0 Å². The van der Waals surface area contributed by atoms with Gasteiger partial charge < -0.3 is 17.7 Å². The first-order valence-electron chi connectivity index (χ1n) is 19.7. The molecule has 0 unspecified atom stereocenters. The molecule has 0 saturated heterocycles. The zero-order valence-electron chi connectivity index (χ0n) is 32.9. The van der Waals surface area contributed by atoms with Crippen molar-refractivity contribution >= 4 is 77.4 Å². The van der Waals surface area contributed by atoms with Crippen LogP contribution in [0.2, 0.25) is 0 Å². The van der Waals surface area contributed by atoms with Gasteiger partial charge in [-0.2, -0.15) is 4.98 Å². The van der Waals surface area contributed by atoms with E-state index in [2.05, 4.69) is 120 Å². The Balaban J connectivity index is 1.26. The van der Waals surface area contributed by atoms with Gasteiger partial charge in [-0.3, -0.25) is 4.57 Å². The van der Waals surface area contributed by atoms with Gasteiger partial charge in [0.25, 0.3) is 5.71 Å². The van der Waals surface area contributed by atoms with Crippen LogP contribution in [0, 0.1) is 0 Å². The Hall–Kier alpha value is -6.67. The van der Waals surface area contributed by atoms with Crippen LogP contribution < -0.4 is 0 Å². The summed E-state index contributed by atoms with van der Waals surface area (Å²) in [6.07, 6.45) is 0. The molecule has 0 aliphatic carbocycles. The van der Waals surface area contributed by atoms with E-state index >= 15 is 0 Å². The summed E-state index contributed by atoms with van der Waals surface area (Å²) in [7, 11) is 0. The molecule has 11 aromatic rings. The van der Waals surface area contributed by atoms with Crippen molar-refractivity contribution in [2.75, 3.05) is 0 Å². The van der Waals surface area contributed by atoms with Gasteiger partial charge >= 0.3 is 0 Å². The van der Waals surface area contributed by atoms with E-state index in [0.29, 0.717) is 34.1 Å². The summed E-state index contributed by atoms with van der Waals surface area (Å²) >= 11 is 0. The Labute approximate surface area is 327 Å². The number of rotatable bonds is 5. The lowest BCUT2D eigenvalue weighted by molar-refractivity contribution is 0.411. The largest absolute Gasteiger partial charge is 0.454 e. The zero-order valence-corrected chi connectivity index (χ0v) is 32.9. The number of imidazole rings is 1. The van der Waals surface area contributed by atoms with Gasteiger partial charge in [0.1, 0.15) is 28.0 Å². The second-order valence-electron chi connectivity index (χ2n) is 16.8. The van der Waals surface area contributed by atoms with Crippen molar-refractivity contribution < 1.29 is 17.7 Å². The standard InChI is InChI=1S/C49H40N4O4/c1-25(2)33-22-28(27-14-9-8-10-15-27)23-34(26(3)4)40(33)53-41-36(21-20-31-43(41)56-47-44(31)57-48(52-47)49(5,6)7)50-45(53)32-18-13-17-29-35-24-38-39(51-46(35)55-42(29)32)30-16-11-12-19-37(30)54-38/h8-26H,1-7H3. The monoisotopic (exact) mass is 748 g/mol. The Bertz CT molecular complexity index is 3370. The lowest BCUT2D eigenvalue weighted by Crippen LogP contribution is -2.11. The molecule has 6 heterocycles. The molecule has 8 heteroatoms. The first-order valence-corrected chi connectivity index (χ1v) is 19.7. The summed E-state index contributed by atoms with van der Waals surface area (Å²) in [5.41, 5.74) is 13.4. The molecule has 57 heavy (non-hydrogen) atoms. The van der Waals surface area contributed by atoms with Gasteiger partial charge in [-0.15, -0.1) is 0 Å². The molecular weight excluding hydrogens is 709 g/mol. The summed E-state index contributed by atoms with van der Waals surface area (Å²) in [6, 6.07) is 35.7. The molecule has 0 amide bonds. The Kier molecular flexibility index (Phi) is 7.04. The van der Waals surface area contributed by atoms with Crippen LogP contribution in [0.1, 0.15) is 77.3 Å². The van der Waals surface area contributed by atoms with Crippen molar-refractivity contribution in [3.05, 3.63) is 120 Å². The molecule has 0 bridgehead atoms. The van der Waals surface area contributed by atoms with Crippen molar-refractivity contribution in [2.24, 2.45) is 0 Å². The topological polar surface area (TPSA) is 96.2 Å². The lowest BCUT2D eigenvalue weighted by Gasteiger charge is -2.24. The molecule has 280 valence electrons. The number of nitrogens with zero attached hydrogens (tertiary/aromatic N) is 4. The van der Waals surface area contributed by atoms with E-state index in [1.54, 1.807) is 0 Å². The molecule has 0 N–H and O–H groups in total. The van der Waals surface area contributed by atoms with Crippen LogP contribution >= 0.6 is 0 Å². The molecule has 8 nitrogen and oxygen atoms in total. The zero-order chi connectivity index (χ0) is 38.9. The number of oxazole rings is 1. The molecule has 6 aromatic heterocycles. The van der Waals surface area contributed by atoms with E-state index in [-0.39, 0.29) is 17.3 Å². The van der Waals surface area contributed by atoms with E-state index in [1.807, 2.05) is 36.4 Å². The Morgan fingerprint density at radius 1 is 0.544 bits per heavy atom. The minimum atomic E-state index is -0.276. The maximum absolute atomic E-state index is 6.80. The molecule has 11 rings (SSSR count). The summed E-state index contributed by atoms with van der Waals surface area (Å²) < 4.78 is 28.5. The highest BCUT2D eigenvalue weighted by Crippen LogP contribution is 2.46. The van der Waals surface area contributed by atoms with Crippen LogP contribution in [0.5, 0.6) is 0 Å². The highest BCUT2D eigenvalue weighted by molar-refractivity contribution is 6.15. The molecule has 0 atom stereocenters. The Morgan fingerprint density at radius 2 is 1.26 bits per heavy atom. The van der Waals surface area contributed by atoms with Gasteiger partial charge in [-0.1, -0.05) is 103 Å². The molecule has 0 aliphatic heterocycles. The van der Waals surface area contributed by atoms with E-state index in [4.69, 9.17) is 32.6 Å². The first kappa shape index (κ1) is 33.6. The number of fused-ring (bicyclic) bond motifs is 11. The van der Waals surface area contributed by atoms with Crippen LogP contribution in [-0.4, -0.2) is 19.5 Å². The number of aromatic nitrogens is 4. The maximum atomic E-state index is 6.80. The Morgan fingerprint density at radius 3 is 2.02 bits per heavy atom. The van der Waals surface area contributed by atoms with Crippen LogP contribution in [0.15, 0.2) is 121 Å². The van der Waals surface area contributed by atoms with Crippen LogP contribution in [0.25, 0.3) is 106 Å². The van der Waals surface area contributed by atoms with Crippen LogP contribution in [0.3, 0.4) is 0 Å².